The standard InChI is InChI=1S/C17H24N4S/c1-17(2,3)14-6-4-13(5-7-14)10-20-16(22)19-9-8-15-11-18-12-21-15/h4-7,11-12H,8-10H2,1-3H3,(H,18,21)(H2,19,20,22). The quantitative estimate of drug-likeness (QED) is 0.743. The van der Waals surface area contributed by atoms with E-state index in [-0.39, 0.29) is 5.41 Å². The van der Waals surface area contributed by atoms with Crippen molar-refractivity contribution in [2.24, 2.45) is 0 Å². The summed E-state index contributed by atoms with van der Waals surface area (Å²) in [5.41, 5.74) is 3.87. The number of H-pyrrole nitrogens is 1. The molecule has 1 aromatic heterocycles. The van der Waals surface area contributed by atoms with E-state index in [1.807, 2.05) is 6.20 Å². The first-order chi connectivity index (χ1) is 10.4. The van der Waals surface area contributed by atoms with E-state index in [2.05, 4.69) is 65.6 Å². The zero-order valence-corrected chi connectivity index (χ0v) is 14.3. The Morgan fingerprint density at radius 1 is 1.18 bits per heavy atom. The number of nitrogens with zero attached hydrogens (tertiary/aromatic N) is 1. The zero-order valence-electron chi connectivity index (χ0n) is 13.4. The highest BCUT2D eigenvalue weighted by Crippen LogP contribution is 2.22. The van der Waals surface area contributed by atoms with Gasteiger partial charge in [-0.05, 0) is 28.8 Å². The molecule has 118 valence electrons. The Hall–Kier alpha value is -1.88. The summed E-state index contributed by atoms with van der Waals surface area (Å²) >= 11 is 5.28. The number of aromatic amines is 1. The highest BCUT2D eigenvalue weighted by atomic mass is 32.1. The van der Waals surface area contributed by atoms with Crippen molar-refractivity contribution in [3.05, 3.63) is 53.6 Å². The van der Waals surface area contributed by atoms with E-state index in [9.17, 15) is 0 Å². The van der Waals surface area contributed by atoms with Gasteiger partial charge in [0.2, 0.25) is 0 Å². The second kappa shape index (κ2) is 7.40. The Bertz CT molecular complexity index is 582. The van der Waals surface area contributed by atoms with E-state index in [1.165, 1.54) is 11.1 Å². The first-order valence-corrected chi connectivity index (χ1v) is 7.94. The van der Waals surface area contributed by atoms with Crippen LogP contribution in [0.1, 0.15) is 37.6 Å². The van der Waals surface area contributed by atoms with Gasteiger partial charge in [-0.2, -0.15) is 0 Å². The molecule has 0 fully saturated rings. The molecule has 0 aliphatic carbocycles. The molecule has 5 heteroatoms. The number of hydrogen-bond donors (Lipinski definition) is 3. The van der Waals surface area contributed by atoms with Gasteiger partial charge in [0.25, 0.3) is 0 Å². The molecular weight excluding hydrogens is 292 g/mol. The summed E-state index contributed by atoms with van der Waals surface area (Å²) in [7, 11) is 0. The molecule has 0 radical (unpaired) electrons. The van der Waals surface area contributed by atoms with E-state index >= 15 is 0 Å². The minimum Gasteiger partial charge on any atom is -0.362 e. The number of thiocarbonyl (C=S) groups is 1. The molecule has 0 spiro atoms. The van der Waals surface area contributed by atoms with E-state index in [0.717, 1.165) is 25.2 Å². The van der Waals surface area contributed by atoms with Crippen molar-refractivity contribution in [3.8, 4) is 0 Å². The minimum atomic E-state index is 0.190. The Balaban J connectivity index is 1.71. The molecular formula is C17H24N4S. The van der Waals surface area contributed by atoms with Crippen LogP contribution in [0.2, 0.25) is 0 Å². The summed E-state index contributed by atoms with van der Waals surface area (Å²) in [6.07, 6.45) is 4.39. The summed E-state index contributed by atoms with van der Waals surface area (Å²) in [5, 5.41) is 7.11. The molecule has 0 aliphatic heterocycles. The molecule has 0 saturated carbocycles. The van der Waals surface area contributed by atoms with Crippen LogP contribution in [0.5, 0.6) is 0 Å². The van der Waals surface area contributed by atoms with Crippen LogP contribution in [0.25, 0.3) is 0 Å². The Kier molecular flexibility index (Phi) is 5.55. The number of benzene rings is 1. The fourth-order valence-electron chi connectivity index (χ4n) is 2.10. The third-order valence-corrected chi connectivity index (χ3v) is 3.80. The Morgan fingerprint density at radius 3 is 2.50 bits per heavy atom. The molecule has 0 saturated heterocycles. The van der Waals surface area contributed by atoms with Gasteiger partial charge in [0.1, 0.15) is 0 Å². The summed E-state index contributed by atoms with van der Waals surface area (Å²) in [6.45, 7) is 8.19. The zero-order chi connectivity index (χ0) is 16.0. The maximum atomic E-state index is 5.28. The lowest BCUT2D eigenvalue weighted by atomic mass is 9.87. The minimum absolute atomic E-state index is 0.190. The second-order valence-corrected chi connectivity index (χ2v) is 6.79. The number of aromatic nitrogens is 2. The lowest BCUT2D eigenvalue weighted by Crippen LogP contribution is -2.35. The van der Waals surface area contributed by atoms with Crippen molar-refractivity contribution in [1.82, 2.24) is 20.6 Å². The topological polar surface area (TPSA) is 52.7 Å². The van der Waals surface area contributed by atoms with Crippen LogP contribution < -0.4 is 10.6 Å². The van der Waals surface area contributed by atoms with E-state index in [0.29, 0.717) is 5.11 Å². The van der Waals surface area contributed by atoms with E-state index < -0.39 is 0 Å². The molecule has 0 unspecified atom stereocenters. The number of nitrogens with one attached hydrogen (secondary N) is 3. The fourth-order valence-corrected chi connectivity index (χ4v) is 2.27. The predicted molar refractivity (Wildman–Crippen MR) is 94.9 cm³/mol. The smallest absolute Gasteiger partial charge is 0.166 e. The van der Waals surface area contributed by atoms with Gasteiger partial charge in [-0.3, -0.25) is 0 Å². The van der Waals surface area contributed by atoms with Crippen LogP contribution in [0.3, 0.4) is 0 Å². The maximum absolute atomic E-state index is 5.28. The van der Waals surface area contributed by atoms with Gasteiger partial charge in [-0.1, -0.05) is 45.0 Å². The lowest BCUT2D eigenvalue weighted by Gasteiger charge is -2.19. The van der Waals surface area contributed by atoms with Gasteiger partial charge >= 0.3 is 0 Å². The van der Waals surface area contributed by atoms with Crippen molar-refractivity contribution in [1.29, 1.82) is 0 Å². The highest BCUT2D eigenvalue weighted by molar-refractivity contribution is 7.80. The number of rotatable bonds is 5. The normalized spacial score (nSPS) is 11.2. The van der Waals surface area contributed by atoms with Gasteiger partial charge in [0.15, 0.2) is 5.11 Å². The summed E-state index contributed by atoms with van der Waals surface area (Å²) in [4.78, 5) is 7.06. The average Bonchev–Trinajstić information content (AvgIpc) is 2.98. The van der Waals surface area contributed by atoms with Crippen molar-refractivity contribution in [2.45, 2.75) is 39.2 Å². The molecule has 2 aromatic rings. The molecule has 0 atom stereocenters. The van der Waals surface area contributed by atoms with Crippen molar-refractivity contribution < 1.29 is 0 Å². The summed E-state index contributed by atoms with van der Waals surface area (Å²) in [5.74, 6) is 0. The Labute approximate surface area is 137 Å². The molecule has 1 heterocycles. The first kappa shape index (κ1) is 16.5. The molecule has 0 aliphatic rings. The van der Waals surface area contributed by atoms with Gasteiger partial charge in [0, 0.05) is 31.4 Å². The van der Waals surface area contributed by atoms with Crippen LogP contribution in [0.15, 0.2) is 36.8 Å². The van der Waals surface area contributed by atoms with Crippen molar-refractivity contribution in [3.63, 3.8) is 0 Å². The third-order valence-electron chi connectivity index (χ3n) is 3.51. The van der Waals surface area contributed by atoms with Crippen LogP contribution in [-0.4, -0.2) is 21.6 Å². The van der Waals surface area contributed by atoms with Crippen molar-refractivity contribution in [2.75, 3.05) is 6.54 Å². The van der Waals surface area contributed by atoms with Crippen LogP contribution in [-0.2, 0) is 18.4 Å². The van der Waals surface area contributed by atoms with Gasteiger partial charge in [-0.25, -0.2) is 4.98 Å². The van der Waals surface area contributed by atoms with E-state index in [4.69, 9.17) is 12.2 Å². The highest BCUT2D eigenvalue weighted by Gasteiger charge is 2.12. The average molecular weight is 316 g/mol. The molecule has 22 heavy (non-hydrogen) atoms. The van der Waals surface area contributed by atoms with Crippen LogP contribution >= 0.6 is 12.2 Å². The fraction of sp³-hybridized carbons (Fsp3) is 0.412. The number of imidazole rings is 1. The first-order valence-electron chi connectivity index (χ1n) is 7.53. The van der Waals surface area contributed by atoms with Crippen molar-refractivity contribution >= 4 is 17.3 Å². The molecule has 0 amide bonds. The van der Waals surface area contributed by atoms with Gasteiger partial charge in [0.05, 0.1) is 6.33 Å². The molecule has 1 aromatic carbocycles. The summed E-state index contributed by atoms with van der Waals surface area (Å²) < 4.78 is 0. The molecule has 0 bridgehead atoms. The van der Waals surface area contributed by atoms with Crippen LogP contribution in [0.4, 0.5) is 0 Å². The lowest BCUT2D eigenvalue weighted by molar-refractivity contribution is 0.590. The van der Waals surface area contributed by atoms with Gasteiger partial charge in [-0.15, -0.1) is 0 Å². The SMILES string of the molecule is CC(C)(C)c1ccc(CNC(=S)NCCc2cnc[nH]2)cc1. The summed E-state index contributed by atoms with van der Waals surface area (Å²) in [6, 6.07) is 8.68. The van der Waals surface area contributed by atoms with E-state index in [1.54, 1.807) is 6.33 Å². The largest absolute Gasteiger partial charge is 0.362 e. The Morgan fingerprint density at radius 2 is 1.91 bits per heavy atom. The predicted octanol–water partition coefficient (Wildman–Crippen LogP) is 2.91. The number of hydrogen-bond acceptors (Lipinski definition) is 2. The monoisotopic (exact) mass is 316 g/mol. The molecule has 2 rings (SSSR count). The van der Waals surface area contributed by atoms with Crippen LogP contribution in [0, 0.1) is 0 Å². The van der Waals surface area contributed by atoms with Gasteiger partial charge < -0.3 is 15.6 Å². The molecule has 4 nitrogen and oxygen atoms in total. The maximum Gasteiger partial charge on any atom is 0.166 e. The molecule has 3 N–H and O–H groups in total. The third kappa shape index (κ3) is 5.15. The second-order valence-electron chi connectivity index (χ2n) is 6.38.